The molecule has 2 N–H and O–H groups in total. The molecule has 6 heteroatoms. The smallest absolute Gasteiger partial charge is 0.191 e. The molecule has 25 heavy (non-hydrogen) atoms. The molecule has 0 saturated carbocycles. The Morgan fingerprint density at radius 1 is 1.20 bits per heavy atom. The quantitative estimate of drug-likeness (QED) is 0.561. The zero-order chi connectivity index (χ0) is 18.1. The van der Waals surface area contributed by atoms with Gasteiger partial charge in [0.1, 0.15) is 5.01 Å². The summed E-state index contributed by atoms with van der Waals surface area (Å²) in [6.07, 6.45) is 1.90. The minimum absolute atomic E-state index is 0.614. The third-order valence-corrected chi connectivity index (χ3v) is 4.80. The Balaban J connectivity index is 1.90. The van der Waals surface area contributed by atoms with E-state index in [4.69, 9.17) is 0 Å². The number of likely N-dealkylation sites (N-methyl/N-ethyl adjacent to an activating group) is 1. The van der Waals surface area contributed by atoms with E-state index in [0.717, 1.165) is 37.1 Å². The largest absolute Gasteiger partial charge is 0.370 e. The number of aromatic nitrogens is 1. The fraction of sp³-hybridized carbons (Fsp3) is 0.474. The highest BCUT2D eigenvalue weighted by Gasteiger charge is 2.07. The van der Waals surface area contributed by atoms with Gasteiger partial charge in [0, 0.05) is 42.9 Å². The zero-order valence-corrected chi connectivity index (χ0v) is 16.5. The Bertz CT molecular complexity index is 680. The highest BCUT2D eigenvalue weighted by Crippen LogP contribution is 2.18. The van der Waals surface area contributed by atoms with E-state index in [0.29, 0.717) is 6.54 Å². The molecule has 0 unspecified atom stereocenters. The van der Waals surface area contributed by atoms with Crippen LogP contribution in [0.4, 0.5) is 5.69 Å². The van der Waals surface area contributed by atoms with Crippen molar-refractivity contribution in [3.8, 4) is 0 Å². The Morgan fingerprint density at radius 3 is 2.64 bits per heavy atom. The SMILES string of the molecule is CCNC(=NCc1ncc(C)s1)NCCN(CC)c1ccccc1C. The number of rotatable bonds is 8. The highest BCUT2D eigenvalue weighted by molar-refractivity contribution is 7.11. The van der Waals surface area contributed by atoms with E-state index in [-0.39, 0.29) is 0 Å². The van der Waals surface area contributed by atoms with E-state index in [2.05, 4.69) is 77.5 Å². The van der Waals surface area contributed by atoms with Gasteiger partial charge in [-0.25, -0.2) is 9.98 Å². The molecular weight excluding hydrogens is 330 g/mol. The molecule has 0 radical (unpaired) electrons. The van der Waals surface area contributed by atoms with Gasteiger partial charge < -0.3 is 15.5 Å². The predicted molar refractivity (Wildman–Crippen MR) is 109 cm³/mol. The van der Waals surface area contributed by atoms with E-state index in [1.54, 1.807) is 11.3 Å². The first kappa shape index (κ1) is 19.2. The lowest BCUT2D eigenvalue weighted by molar-refractivity contribution is 0.750. The summed E-state index contributed by atoms with van der Waals surface area (Å²) < 4.78 is 0. The molecular formula is C19H29N5S. The number of nitrogens with one attached hydrogen (secondary N) is 2. The second kappa shape index (κ2) is 10.0. The standard InChI is InChI=1S/C19H29N5S/c1-5-20-19(23-14-18-22-13-16(4)25-18)21-11-12-24(6-2)17-10-8-7-9-15(17)3/h7-10,13H,5-6,11-12,14H2,1-4H3,(H2,20,21,23). The summed E-state index contributed by atoms with van der Waals surface area (Å²) >= 11 is 1.70. The molecule has 0 atom stereocenters. The monoisotopic (exact) mass is 359 g/mol. The highest BCUT2D eigenvalue weighted by atomic mass is 32.1. The van der Waals surface area contributed by atoms with Gasteiger partial charge in [-0.3, -0.25) is 0 Å². The van der Waals surface area contributed by atoms with Crippen LogP contribution in [0.15, 0.2) is 35.5 Å². The molecule has 2 aromatic rings. The summed E-state index contributed by atoms with van der Waals surface area (Å²) in [5.74, 6) is 0.844. The second-order valence-electron chi connectivity index (χ2n) is 5.85. The van der Waals surface area contributed by atoms with Crippen molar-refractivity contribution < 1.29 is 0 Å². The van der Waals surface area contributed by atoms with Crippen LogP contribution >= 0.6 is 11.3 Å². The molecule has 0 spiro atoms. The molecule has 0 fully saturated rings. The molecule has 0 bridgehead atoms. The average Bonchev–Trinajstić information content (AvgIpc) is 3.03. The van der Waals surface area contributed by atoms with Gasteiger partial charge in [0.25, 0.3) is 0 Å². The van der Waals surface area contributed by atoms with E-state index >= 15 is 0 Å². The van der Waals surface area contributed by atoms with Crippen molar-refractivity contribution in [2.45, 2.75) is 34.2 Å². The third kappa shape index (κ3) is 6.05. The maximum Gasteiger partial charge on any atom is 0.191 e. The molecule has 5 nitrogen and oxygen atoms in total. The van der Waals surface area contributed by atoms with Crippen LogP contribution in [0.5, 0.6) is 0 Å². The van der Waals surface area contributed by atoms with Crippen LogP contribution in [-0.4, -0.2) is 37.1 Å². The van der Waals surface area contributed by atoms with Gasteiger partial charge in [0.05, 0.1) is 6.54 Å². The number of aryl methyl sites for hydroxylation is 2. The van der Waals surface area contributed by atoms with E-state index in [1.165, 1.54) is 16.1 Å². The Labute approximate surface area is 155 Å². The number of benzene rings is 1. The van der Waals surface area contributed by atoms with Crippen molar-refractivity contribution in [2.75, 3.05) is 31.1 Å². The number of anilines is 1. The molecule has 1 heterocycles. The molecule has 2 rings (SSSR count). The van der Waals surface area contributed by atoms with E-state index < -0.39 is 0 Å². The number of para-hydroxylation sites is 1. The van der Waals surface area contributed by atoms with Crippen molar-refractivity contribution in [1.29, 1.82) is 0 Å². The molecule has 0 aliphatic heterocycles. The van der Waals surface area contributed by atoms with Crippen molar-refractivity contribution in [3.63, 3.8) is 0 Å². The molecule has 0 amide bonds. The first-order valence-electron chi connectivity index (χ1n) is 8.88. The normalized spacial score (nSPS) is 11.4. The summed E-state index contributed by atoms with van der Waals surface area (Å²) in [5.41, 5.74) is 2.61. The molecule has 0 aliphatic rings. The molecule has 1 aromatic carbocycles. The number of hydrogen-bond donors (Lipinski definition) is 2. The lowest BCUT2D eigenvalue weighted by atomic mass is 10.2. The zero-order valence-electron chi connectivity index (χ0n) is 15.7. The minimum Gasteiger partial charge on any atom is -0.370 e. The van der Waals surface area contributed by atoms with Gasteiger partial charge in [0.2, 0.25) is 0 Å². The summed E-state index contributed by atoms with van der Waals surface area (Å²) in [6.45, 7) is 12.7. The third-order valence-electron chi connectivity index (χ3n) is 3.90. The lowest BCUT2D eigenvalue weighted by Gasteiger charge is -2.25. The number of hydrogen-bond acceptors (Lipinski definition) is 4. The fourth-order valence-corrected chi connectivity index (χ4v) is 3.35. The molecule has 0 saturated heterocycles. The topological polar surface area (TPSA) is 52.6 Å². The fourth-order valence-electron chi connectivity index (χ4n) is 2.64. The summed E-state index contributed by atoms with van der Waals surface area (Å²) in [4.78, 5) is 12.6. The van der Waals surface area contributed by atoms with Gasteiger partial charge in [-0.15, -0.1) is 11.3 Å². The van der Waals surface area contributed by atoms with Gasteiger partial charge >= 0.3 is 0 Å². The Hall–Kier alpha value is -2.08. The van der Waals surface area contributed by atoms with Crippen LogP contribution < -0.4 is 15.5 Å². The van der Waals surface area contributed by atoms with Crippen molar-refractivity contribution in [3.05, 3.63) is 45.9 Å². The maximum absolute atomic E-state index is 4.63. The first-order chi connectivity index (χ1) is 12.1. The van der Waals surface area contributed by atoms with Gasteiger partial charge in [-0.05, 0) is 39.3 Å². The van der Waals surface area contributed by atoms with E-state index in [1.807, 2.05) is 6.20 Å². The predicted octanol–water partition coefficient (Wildman–Crippen LogP) is 3.34. The summed E-state index contributed by atoms with van der Waals surface area (Å²) in [5, 5.41) is 7.77. The lowest BCUT2D eigenvalue weighted by Crippen LogP contribution is -2.41. The average molecular weight is 360 g/mol. The van der Waals surface area contributed by atoms with Crippen LogP contribution in [0.25, 0.3) is 0 Å². The van der Waals surface area contributed by atoms with Gasteiger partial charge in [0.15, 0.2) is 5.96 Å². The number of nitrogens with zero attached hydrogens (tertiary/aromatic N) is 3. The van der Waals surface area contributed by atoms with Crippen LogP contribution in [0.1, 0.15) is 29.3 Å². The van der Waals surface area contributed by atoms with Crippen molar-refractivity contribution in [1.82, 2.24) is 15.6 Å². The van der Waals surface area contributed by atoms with Crippen molar-refractivity contribution >= 4 is 23.0 Å². The summed E-state index contributed by atoms with van der Waals surface area (Å²) in [7, 11) is 0. The van der Waals surface area contributed by atoms with Crippen LogP contribution in [0.2, 0.25) is 0 Å². The van der Waals surface area contributed by atoms with Crippen molar-refractivity contribution in [2.24, 2.45) is 4.99 Å². The molecule has 1 aromatic heterocycles. The molecule has 136 valence electrons. The van der Waals surface area contributed by atoms with E-state index in [9.17, 15) is 0 Å². The summed E-state index contributed by atoms with van der Waals surface area (Å²) in [6, 6.07) is 8.52. The maximum atomic E-state index is 4.63. The van der Waals surface area contributed by atoms with Gasteiger partial charge in [-0.2, -0.15) is 0 Å². The van der Waals surface area contributed by atoms with Crippen LogP contribution in [0, 0.1) is 13.8 Å². The second-order valence-corrected chi connectivity index (χ2v) is 7.17. The Morgan fingerprint density at radius 2 is 2.00 bits per heavy atom. The number of aliphatic imine (C=N–C) groups is 1. The number of thiazole rings is 1. The Kier molecular flexibility index (Phi) is 7.73. The molecule has 0 aliphatic carbocycles. The van der Waals surface area contributed by atoms with Crippen LogP contribution in [0.3, 0.4) is 0 Å². The number of guanidine groups is 1. The minimum atomic E-state index is 0.614. The van der Waals surface area contributed by atoms with Crippen LogP contribution in [-0.2, 0) is 6.54 Å². The first-order valence-corrected chi connectivity index (χ1v) is 9.69. The van der Waals surface area contributed by atoms with Gasteiger partial charge in [-0.1, -0.05) is 18.2 Å².